The monoisotopic (exact) mass is 1770 g/mol. The summed E-state index contributed by atoms with van der Waals surface area (Å²) in [4.78, 5) is 0. The van der Waals surface area contributed by atoms with Gasteiger partial charge in [-0.1, -0.05) is 352 Å². The van der Waals surface area contributed by atoms with Gasteiger partial charge in [0.1, 0.15) is 44.7 Å². The summed E-state index contributed by atoms with van der Waals surface area (Å²) in [6.45, 7) is 0. The van der Waals surface area contributed by atoms with Gasteiger partial charge in [-0.25, -0.2) is 0 Å². The summed E-state index contributed by atoms with van der Waals surface area (Å²) in [6, 6.07) is 173. The van der Waals surface area contributed by atoms with E-state index in [-0.39, 0.29) is 0 Å². The first-order valence-electron chi connectivity index (χ1n) is 47.7. The van der Waals surface area contributed by atoms with Gasteiger partial charge in [-0.15, -0.1) is 0 Å². The van der Waals surface area contributed by atoms with Crippen LogP contribution < -0.4 is 0 Å². The van der Waals surface area contributed by atoms with Gasteiger partial charge in [0.05, 0.1) is 11.0 Å². The Morgan fingerprint density at radius 3 is 0.741 bits per heavy atom. The number of furan rings is 4. The molecular weight excluding hydrogens is 1690 g/mol. The van der Waals surface area contributed by atoms with E-state index < -0.39 is 0 Å². The molecule has 0 bridgehead atoms. The topological polar surface area (TPSA) is 57.5 Å². The summed E-state index contributed by atoms with van der Waals surface area (Å²) in [6.07, 6.45) is 0. The Morgan fingerprint density at radius 2 is 0.367 bits per heavy atom. The number of rotatable bonds is 7. The lowest BCUT2D eigenvalue weighted by Gasteiger charge is -2.18. The third-order valence-corrected chi connectivity index (χ3v) is 29.3. The molecule has 0 atom stereocenters. The molecule has 0 aliphatic heterocycles. The average Bonchev–Trinajstić information content (AvgIpc) is 1.71. The Morgan fingerprint density at radius 1 is 0.122 bits per heavy atom. The van der Waals surface area contributed by atoms with E-state index in [1.54, 1.807) is 0 Å². The highest BCUT2D eigenvalue weighted by molar-refractivity contribution is 6.28. The minimum absolute atomic E-state index is 0.905. The first-order chi connectivity index (χ1) is 68.9. The molecule has 5 aromatic heterocycles. The molecule has 5 heterocycles. The van der Waals surface area contributed by atoms with E-state index in [2.05, 4.69) is 484 Å². The van der Waals surface area contributed by atoms with Gasteiger partial charge < -0.3 is 22.2 Å². The summed E-state index contributed by atoms with van der Waals surface area (Å²) >= 11 is 0. The second-order valence-corrected chi connectivity index (χ2v) is 37.0. The number of para-hydroxylation sites is 2. The van der Waals surface area contributed by atoms with Crippen LogP contribution in [-0.2, 0) is 0 Å². The van der Waals surface area contributed by atoms with Crippen molar-refractivity contribution in [2.75, 3.05) is 0 Å². The smallest absolute Gasteiger partial charge is 0.143 e. The molecule has 5 nitrogen and oxygen atoms in total. The molecule has 0 N–H and O–H groups in total. The first kappa shape index (κ1) is 78.1. The zero-order valence-electron chi connectivity index (χ0n) is 75.2. The van der Waals surface area contributed by atoms with Gasteiger partial charge in [0.2, 0.25) is 0 Å². The van der Waals surface area contributed by atoms with E-state index in [0.29, 0.717) is 0 Å². The molecule has 0 amide bonds. The van der Waals surface area contributed by atoms with Gasteiger partial charge in [0.15, 0.2) is 0 Å². The predicted octanol–water partition coefficient (Wildman–Crippen LogP) is 38.4. The predicted molar refractivity (Wildman–Crippen MR) is 588 cm³/mol. The maximum atomic E-state index is 6.48. The quantitative estimate of drug-likeness (QED) is 0.149. The van der Waals surface area contributed by atoms with Crippen LogP contribution in [0.4, 0.5) is 0 Å². The minimum atomic E-state index is 0.905. The van der Waals surface area contributed by atoms with E-state index in [0.717, 1.165) is 93.1 Å². The zero-order chi connectivity index (χ0) is 91.0. The summed E-state index contributed by atoms with van der Waals surface area (Å²) in [5, 5.41) is 38.7. The molecule has 0 aliphatic rings. The van der Waals surface area contributed by atoms with Crippen LogP contribution in [0.5, 0.6) is 0 Å². The van der Waals surface area contributed by atoms with Gasteiger partial charge in [0.25, 0.3) is 0 Å². The fourth-order valence-corrected chi connectivity index (χ4v) is 23.1. The van der Waals surface area contributed by atoms with Crippen molar-refractivity contribution in [2.45, 2.75) is 0 Å². The molecule has 0 saturated heterocycles. The lowest BCUT2D eigenvalue weighted by atomic mass is 9.85. The maximum Gasteiger partial charge on any atom is 0.143 e. The third-order valence-electron chi connectivity index (χ3n) is 29.3. The number of aromatic nitrogens is 1. The lowest BCUT2D eigenvalue weighted by Crippen LogP contribution is -1.93. The number of hydrogen-bond acceptors (Lipinski definition) is 4. The summed E-state index contributed by atoms with van der Waals surface area (Å²) < 4.78 is 28.0. The Labute approximate surface area is 796 Å². The van der Waals surface area contributed by atoms with Gasteiger partial charge >= 0.3 is 0 Å². The van der Waals surface area contributed by atoms with Crippen LogP contribution in [0.2, 0.25) is 0 Å². The van der Waals surface area contributed by atoms with Crippen molar-refractivity contribution in [3.63, 3.8) is 0 Å². The number of hydrogen-bond donors (Lipinski definition) is 0. The van der Waals surface area contributed by atoms with Gasteiger partial charge in [-0.3, -0.25) is 0 Å². The third kappa shape index (κ3) is 12.4. The fraction of sp³-hybridized carbons (Fsp3) is 0. The molecular formula is C134H79NO4. The Hall–Kier alpha value is -18.4. The molecule has 0 unspecified atom stereocenters. The number of fused-ring (bicyclic) bond motifs is 27. The van der Waals surface area contributed by atoms with Crippen molar-refractivity contribution < 1.29 is 17.7 Å². The van der Waals surface area contributed by atoms with E-state index >= 15 is 0 Å². The number of nitrogens with zero attached hydrogens (tertiary/aromatic N) is 1. The Bertz CT molecular complexity index is 10400. The fourth-order valence-electron chi connectivity index (χ4n) is 23.1. The number of benzene rings is 26. The average molecular weight is 1770 g/mol. The second kappa shape index (κ2) is 31.1. The second-order valence-electron chi connectivity index (χ2n) is 37.0. The molecule has 139 heavy (non-hydrogen) atoms. The minimum Gasteiger partial charge on any atom is -0.456 e. The van der Waals surface area contributed by atoms with Crippen LogP contribution in [0.25, 0.3) is 301 Å². The molecule has 5 heteroatoms. The van der Waals surface area contributed by atoms with Crippen LogP contribution >= 0.6 is 0 Å². The van der Waals surface area contributed by atoms with Crippen LogP contribution in [0, 0.1) is 0 Å². The normalized spacial score (nSPS) is 12.0. The standard InChI is InChI=1S/C48H29NO.C46H26O2.C40H24O/c1-2-14-34(15-3-1)49-43-21-11-10-16-35(43)40-27-32(22-24-44(40)49)47-36-17-6-8-19-38(36)48(39-20-9-7-18-37(39)47)33-23-25-45-41(28-33)42-26-30-12-4-5-13-31(30)29-46(42)50-45;1-2-11-29-26-43-40(23-28(29)10-1)39-25-31(18-21-41(39)47-43)45-35-15-7-5-13-33(35)44(34-14-6-8-16-36(34)45)30-19-22-42-38(24-30)37-20-17-27-9-3-4-12-32(27)46(37)48-42;1-2-10-26-21-29(18-17-25(26)9-1)39-31-13-5-7-15-33(31)40(34-16-8-6-14-32(34)39)30-19-20-37-35(23-30)36-22-27-11-3-4-12-28(27)24-38(36)41-37/h1-29H;1-26H;1-24H. The van der Waals surface area contributed by atoms with Gasteiger partial charge in [-0.05, 0) is 307 Å². The van der Waals surface area contributed by atoms with Gasteiger partial charge in [0, 0.05) is 64.9 Å². The Kier molecular flexibility index (Phi) is 17.5. The van der Waals surface area contributed by atoms with E-state index in [1.807, 2.05) is 0 Å². The highest BCUT2D eigenvalue weighted by Crippen LogP contribution is 2.52. The van der Waals surface area contributed by atoms with E-state index in [1.165, 1.54) is 207 Å². The van der Waals surface area contributed by atoms with Gasteiger partial charge in [-0.2, -0.15) is 0 Å². The molecule has 0 aliphatic carbocycles. The first-order valence-corrected chi connectivity index (χ1v) is 47.7. The van der Waals surface area contributed by atoms with Crippen molar-refractivity contribution in [2.24, 2.45) is 0 Å². The molecule has 26 aromatic carbocycles. The van der Waals surface area contributed by atoms with Crippen LogP contribution in [0.15, 0.2) is 497 Å². The molecule has 0 saturated carbocycles. The molecule has 0 radical (unpaired) electrons. The highest BCUT2D eigenvalue weighted by atomic mass is 16.3. The maximum absolute atomic E-state index is 6.48. The van der Waals surface area contributed by atoms with Crippen molar-refractivity contribution in [1.82, 2.24) is 4.57 Å². The van der Waals surface area contributed by atoms with Crippen LogP contribution in [0.3, 0.4) is 0 Å². The highest BCUT2D eigenvalue weighted by Gasteiger charge is 2.26. The summed E-state index contributed by atoms with van der Waals surface area (Å²) in [5.41, 5.74) is 25.7. The molecule has 0 spiro atoms. The molecule has 31 rings (SSSR count). The molecule has 0 fully saturated rings. The van der Waals surface area contributed by atoms with E-state index in [4.69, 9.17) is 17.7 Å². The van der Waals surface area contributed by atoms with Crippen molar-refractivity contribution in [1.29, 1.82) is 0 Å². The zero-order valence-corrected chi connectivity index (χ0v) is 75.2. The van der Waals surface area contributed by atoms with Crippen molar-refractivity contribution >= 4 is 228 Å². The molecule has 31 aromatic rings. The summed E-state index contributed by atoms with van der Waals surface area (Å²) in [5.74, 6) is 0. The van der Waals surface area contributed by atoms with Crippen LogP contribution in [-0.4, -0.2) is 4.57 Å². The van der Waals surface area contributed by atoms with Crippen LogP contribution in [0.1, 0.15) is 0 Å². The Balaban J connectivity index is 0.000000101. The van der Waals surface area contributed by atoms with E-state index in [9.17, 15) is 0 Å². The van der Waals surface area contributed by atoms with Crippen molar-refractivity contribution in [3.8, 4) is 72.4 Å². The lowest BCUT2D eigenvalue weighted by molar-refractivity contribution is 0.669. The SMILES string of the molecule is c1ccc(-n2c3ccccc3c3cc(-c4c5ccccc5c(-c5ccc6oc7cc8ccccc8cc7c6c5)c5ccccc45)ccc32)cc1.c1ccc2cc(-c3c4ccccc4c(-c4ccc5oc6cc7ccccc7cc6c5c4)c4ccccc34)ccc2c1.c1ccc2cc3c(cc2c1)oc1ccc(-c2c4ccccc4c(-c4ccc5oc6c7ccccc7ccc6c5c4)c4ccccc24)cc13. The molecule has 644 valence electrons. The largest absolute Gasteiger partial charge is 0.456 e. The summed E-state index contributed by atoms with van der Waals surface area (Å²) in [7, 11) is 0. The van der Waals surface area contributed by atoms with Crippen molar-refractivity contribution in [3.05, 3.63) is 479 Å².